The Kier molecular flexibility index (Phi) is 5.33. The number of hydrogen-bond acceptors (Lipinski definition) is 2. The summed E-state index contributed by atoms with van der Waals surface area (Å²) in [6.45, 7) is 0.862. The Morgan fingerprint density at radius 2 is 2.27 bits per heavy atom. The van der Waals surface area contributed by atoms with Crippen LogP contribution in [-0.4, -0.2) is 18.6 Å². The first-order chi connectivity index (χ1) is 6.79. The van der Waals surface area contributed by atoms with Crippen LogP contribution in [0.2, 0.25) is 0 Å². The second-order valence-electron chi connectivity index (χ2n) is 3.01. The Morgan fingerprint density at radius 3 is 3.00 bits per heavy atom. The summed E-state index contributed by atoms with van der Waals surface area (Å²) in [6.07, 6.45) is 0.952. The van der Waals surface area contributed by atoms with Crippen molar-refractivity contribution in [3.63, 3.8) is 0 Å². The molecule has 0 aliphatic rings. The van der Waals surface area contributed by atoms with Crippen molar-refractivity contribution in [2.45, 2.75) is 6.42 Å². The Morgan fingerprint density at radius 1 is 1.47 bits per heavy atom. The van der Waals surface area contributed by atoms with E-state index in [9.17, 15) is 0 Å². The maximum Gasteiger partial charge on any atom is 0.0921 e. The molecule has 1 aromatic heterocycles. The van der Waals surface area contributed by atoms with Crippen molar-refractivity contribution in [2.24, 2.45) is 0 Å². The monoisotopic (exact) mass is 372 g/mol. The van der Waals surface area contributed by atoms with Crippen molar-refractivity contribution in [1.82, 2.24) is 4.98 Å². The van der Waals surface area contributed by atoms with Gasteiger partial charge in [-0.05, 0) is 24.6 Å². The zero-order chi connectivity index (χ0) is 9.97. The van der Waals surface area contributed by atoms with Gasteiger partial charge < -0.3 is 5.32 Å². The van der Waals surface area contributed by atoms with E-state index in [4.69, 9.17) is 0 Å². The molecule has 2 rings (SSSR count). The van der Waals surface area contributed by atoms with E-state index >= 15 is 0 Å². The van der Waals surface area contributed by atoms with Crippen LogP contribution in [0.5, 0.6) is 0 Å². The van der Waals surface area contributed by atoms with Crippen LogP contribution >= 0.6 is 27.3 Å². The molecule has 0 fully saturated rings. The number of nitrogens with zero attached hydrogens (tertiary/aromatic N) is 2. The van der Waals surface area contributed by atoms with Gasteiger partial charge in [-0.3, -0.25) is 0 Å². The van der Waals surface area contributed by atoms with Gasteiger partial charge >= 0.3 is 0 Å². The van der Waals surface area contributed by atoms with Gasteiger partial charge in [0.2, 0.25) is 0 Å². The summed E-state index contributed by atoms with van der Waals surface area (Å²) in [4.78, 5) is 4.54. The van der Waals surface area contributed by atoms with Gasteiger partial charge in [0.1, 0.15) is 0 Å². The van der Waals surface area contributed by atoms with E-state index in [1.807, 2.05) is 7.05 Å². The number of likely N-dealkylation sites (N-methyl/N-ethyl adjacent to an activating group) is 1. The molecule has 1 radical (unpaired) electrons. The van der Waals surface area contributed by atoms with Crippen LogP contribution in [0.25, 0.3) is 15.5 Å². The average Bonchev–Trinajstić information content (AvgIpc) is 2.56. The predicted octanol–water partition coefficient (Wildman–Crippen LogP) is 3.60. The summed E-state index contributed by atoms with van der Waals surface area (Å²) >= 11 is 5.19. The number of fused-ring (bicyclic) bond motifs is 1. The molecule has 0 unspecified atom stereocenters. The third-order valence-electron chi connectivity index (χ3n) is 1.94. The third-order valence-corrected chi connectivity index (χ3v) is 3.53. The number of benzene rings is 1. The molecule has 0 aliphatic carbocycles. The van der Waals surface area contributed by atoms with E-state index < -0.39 is 0 Å². The molecule has 1 aromatic carbocycles. The van der Waals surface area contributed by atoms with Crippen LogP contribution in [0, 0.1) is 0 Å². The third kappa shape index (κ3) is 3.31. The summed E-state index contributed by atoms with van der Waals surface area (Å²) in [5.74, 6) is 0. The molecule has 0 amide bonds. The van der Waals surface area contributed by atoms with Gasteiger partial charge in [0.15, 0.2) is 0 Å². The zero-order valence-corrected chi connectivity index (χ0v) is 12.2. The summed E-state index contributed by atoms with van der Waals surface area (Å²) < 4.78 is 2.33. The zero-order valence-electron chi connectivity index (χ0n) is 8.16. The van der Waals surface area contributed by atoms with Gasteiger partial charge in [0, 0.05) is 24.0 Å². The van der Waals surface area contributed by atoms with E-state index in [-0.39, 0.29) is 19.5 Å². The van der Waals surface area contributed by atoms with E-state index in [1.165, 1.54) is 9.71 Å². The number of hydrogen-bond donors (Lipinski definition) is 0. The molecule has 0 atom stereocenters. The van der Waals surface area contributed by atoms with Gasteiger partial charge in [-0.1, -0.05) is 15.9 Å². The number of rotatable bonds is 3. The van der Waals surface area contributed by atoms with Crippen molar-refractivity contribution >= 4 is 37.5 Å². The molecule has 0 aliphatic heterocycles. The molecular weight excluding hydrogens is 363 g/mol. The quantitative estimate of drug-likeness (QED) is 0.756. The fourth-order valence-electron chi connectivity index (χ4n) is 1.26. The normalized spacial score (nSPS) is 10.3. The first kappa shape index (κ1) is 13.2. The van der Waals surface area contributed by atoms with Gasteiger partial charge in [-0.25, -0.2) is 4.98 Å². The van der Waals surface area contributed by atoms with Crippen LogP contribution in [0.15, 0.2) is 22.7 Å². The smallest absolute Gasteiger partial charge is 0.0921 e. The van der Waals surface area contributed by atoms with E-state index in [1.54, 1.807) is 11.3 Å². The molecule has 5 heteroatoms. The Labute approximate surface area is 114 Å². The van der Waals surface area contributed by atoms with E-state index in [0.29, 0.717) is 0 Å². The van der Waals surface area contributed by atoms with E-state index in [2.05, 4.69) is 44.4 Å². The second kappa shape index (κ2) is 6.04. The van der Waals surface area contributed by atoms with Gasteiger partial charge in [0.25, 0.3) is 0 Å². The minimum Gasteiger partial charge on any atom is -0.665 e. The first-order valence-electron chi connectivity index (χ1n) is 4.40. The average molecular weight is 373 g/mol. The van der Waals surface area contributed by atoms with Crippen LogP contribution in [0.1, 0.15) is 5.01 Å². The predicted molar refractivity (Wildman–Crippen MR) is 65.2 cm³/mol. The standard InChI is InChI=1S/C10H10BrN2S.Rh/c1-12-5-4-10-13-8-6-7(11)2-3-9(8)14-10;/h2-3,6H,4-5H2,1H3;/q-1;. The van der Waals surface area contributed by atoms with Crippen LogP contribution in [0.4, 0.5) is 0 Å². The topological polar surface area (TPSA) is 27.0 Å². The van der Waals surface area contributed by atoms with Gasteiger partial charge in [-0.2, -0.15) is 7.05 Å². The molecular formula is C10H10BrN2RhS-. The Bertz CT molecular complexity index is 444. The van der Waals surface area contributed by atoms with Crippen molar-refractivity contribution in [3.05, 3.63) is 33.0 Å². The number of halogens is 1. The SMILES string of the molecule is C[N-]CCc1nc2cc(Br)ccc2s1.[Rh]. The molecule has 0 N–H and O–H groups in total. The number of aromatic nitrogens is 1. The molecule has 83 valence electrons. The minimum absolute atomic E-state index is 0. The molecule has 0 saturated carbocycles. The maximum absolute atomic E-state index is 4.54. The minimum atomic E-state index is 0. The number of thiazole rings is 1. The molecule has 2 nitrogen and oxygen atoms in total. The largest absolute Gasteiger partial charge is 0.665 e. The first-order valence-corrected chi connectivity index (χ1v) is 6.01. The summed E-state index contributed by atoms with van der Waals surface area (Å²) in [6, 6.07) is 6.20. The van der Waals surface area contributed by atoms with Crippen LogP contribution in [-0.2, 0) is 25.9 Å². The van der Waals surface area contributed by atoms with Crippen molar-refractivity contribution in [2.75, 3.05) is 13.6 Å². The second-order valence-corrected chi connectivity index (χ2v) is 5.04. The molecule has 0 spiro atoms. The van der Waals surface area contributed by atoms with Crippen molar-refractivity contribution < 1.29 is 19.5 Å². The van der Waals surface area contributed by atoms with Gasteiger partial charge in [0.05, 0.1) is 15.2 Å². The van der Waals surface area contributed by atoms with Crippen molar-refractivity contribution in [1.29, 1.82) is 0 Å². The fraction of sp³-hybridized carbons (Fsp3) is 0.300. The van der Waals surface area contributed by atoms with Crippen LogP contribution in [0.3, 0.4) is 0 Å². The van der Waals surface area contributed by atoms with E-state index in [0.717, 1.165) is 23.0 Å². The fourth-order valence-corrected chi connectivity index (χ4v) is 2.55. The van der Waals surface area contributed by atoms with Gasteiger partial charge in [-0.15, -0.1) is 17.9 Å². The Balaban J connectivity index is 0.00000112. The summed E-state index contributed by atoms with van der Waals surface area (Å²) in [5.41, 5.74) is 1.08. The molecule has 1 heterocycles. The molecule has 0 bridgehead atoms. The molecule has 15 heavy (non-hydrogen) atoms. The van der Waals surface area contributed by atoms with Crippen molar-refractivity contribution in [3.8, 4) is 0 Å². The summed E-state index contributed by atoms with van der Waals surface area (Å²) in [7, 11) is 1.84. The molecule has 2 aromatic rings. The Hall–Kier alpha value is 0.173. The summed E-state index contributed by atoms with van der Waals surface area (Å²) in [5, 5.41) is 5.25. The van der Waals surface area contributed by atoms with Crippen LogP contribution < -0.4 is 0 Å². The molecule has 0 saturated heterocycles. The maximum atomic E-state index is 4.54.